The molecule has 1 heterocycles. The number of hydrogen-bond acceptors (Lipinski definition) is 3. The summed E-state index contributed by atoms with van der Waals surface area (Å²) in [4.78, 5) is 15.8. The highest BCUT2D eigenvalue weighted by atomic mass is 16.6. The first-order valence-corrected chi connectivity index (χ1v) is 5.65. The number of fused-ring (bicyclic) bond motifs is 1. The summed E-state index contributed by atoms with van der Waals surface area (Å²) < 4.78 is 5.09. The molecule has 17 heavy (non-hydrogen) atoms. The molecule has 0 spiro atoms. The summed E-state index contributed by atoms with van der Waals surface area (Å²) in [5, 5.41) is 3.68. The SMILES string of the molecule is O=C(Nc1ccc2ccccc2n1)OC1CC1. The molecule has 1 saturated carbocycles. The first-order chi connectivity index (χ1) is 8.31. The lowest BCUT2D eigenvalue weighted by molar-refractivity contribution is 0.154. The molecule has 3 rings (SSSR count). The Hall–Kier alpha value is -2.10. The summed E-state index contributed by atoms with van der Waals surface area (Å²) in [7, 11) is 0. The third-order valence-corrected chi connectivity index (χ3v) is 2.63. The number of anilines is 1. The van der Waals surface area contributed by atoms with Crippen LogP contribution in [0.3, 0.4) is 0 Å². The van der Waals surface area contributed by atoms with Crippen LogP contribution < -0.4 is 5.32 Å². The number of nitrogens with zero attached hydrogens (tertiary/aromatic N) is 1. The third kappa shape index (κ3) is 2.36. The van der Waals surface area contributed by atoms with E-state index in [1.807, 2.05) is 30.3 Å². The lowest BCUT2D eigenvalue weighted by atomic mass is 10.2. The number of carbonyl (C=O) groups excluding carboxylic acids is 1. The van der Waals surface area contributed by atoms with E-state index < -0.39 is 6.09 Å². The van der Waals surface area contributed by atoms with Crippen molar-refractivity contribution in [2.45, 2.75) is 18.9 Å². The topological polar surface area (TPSA) is 51.2 Å². The van der Waals surface area contributed by atoms with Crippen LogP contribution in [0.4, 0.5) is 10.6 Å². The zero-order valence-electron chi connectivity index (χ0n) is 9.22. The van der Waals surface area contributed by atoms with Crippen LogP contribution in [0, 0.1) is 0 Å². The molecule has 1 N–H and O–H groups in total. The Balaban J connectivity index is 1.77. The van der Waals surface area contributed by atoms with Crippen molar-refractivity contribution < 1.29 is 9.53 Å². The number of aromatic nitrogens is 1. The lowest BCUT2D eigenvalue weighted by Gasteiger charge is -2.05. The second-order valence-electron chi connectivity index (χ2n) is 4.12. The molecular weight excluding hydrogens is 216 g/mol. The van der Waals surface area contributed by atoms with E-state index in [2.05, 4.69) is 10.3 Å². The number of amides is 1. The zero-order chi connectivity index (χ0) is 11.7. The van der Waals surface area contributed by atoms with Crippen LogP contribution >= 0.6 is 0 Å². The van der Waals surface area contributed by atoms with Gasteiger partial charge in [0.25, 0.3) is 0 Å². The van der Waals surface area contributed by atoms with E-state index in [-0.39, 0.29) is 6.10 Å². The Morgan fingerprint density at radius 1 is 1.24 bits per heavy atom. The summed E-state index contributed by atoms with van der Waals surface area (Å²) in [6.45, 7) is 0. The minimum absolute atomic E-state index is 0.107. The predicted molar refractivity (Wildman–Crippen MR) is 64.9 cm³/mol. The van der Waals surface area contributed by atoms with Gasteiger partial charge in [0.2, 0.25) is 0 Å². The fourth-order valence-corrected chi connectivity index (χ4v) is 1.61. The van der Waals surface area contributed by atoms with Crippen LogP contribution in [0.5, 0.6) is 0 Å². The molecule has 1 aliphatic carbocycles. The van der Waals surface area contributed by atoms with E-state index >= 15 is 0 Å². The number of ether oxygens (including phenoxy) is 1. The molecule has 86 valence electrons. The van der Waals surface area contributed by atoms with Gasteiger partial charge in [-0.2, -0.15) is 0 Å². The molecule has 1 aliphatic rings. The first-order valence-electron chi connectivity index (χ1n) is 5.65. The first kappa shape index (κ1) is 10.1. The van der Waals surface area contributed by atoms with Gasteiger partial charge in [-0.25, -0.2) is 9.78 Å². The molecule has 4 heteroatoms. The maximum Gasteiger partial charge on any atom is 0.413 e. The quantitative estimate of drug-likeness (QED) is 0.859. The van der Waals surface area contributed by atoms with Gasteiger partial charge in [-0.05, 0) is 31.0 Å². The highest BCUT2D eigenvalue weighted by Crippen LogP contribution is 2.24. The average molecular weight is 228 g/mol. The lowest BCUT2D eigenvalue weighted by Crippen LogP contribution is -2.15. The number of nitrogens with one attached hydrogen (secondary N) is 1. The van der Waals surface area contributed by atoms with Crippen LogP contribution in [0.1, 0.15) is 12.8 Å². The number of para-hydroxylation sites is 1. The molecule has 2 aromatic rings. The Bertz CT molecular complexity index is 564. The van der Waals surface area contributed by atoms with Crippen LogP contribution in [0.2, 0.25) is 0 Å². The predicted octanol–water partition coefficient (Wildman–Crippen LogP) is 2.95. The summed E-state index contributed by atoms with van der Waals surface area (Å²) in [5.74, 6) is 0.523. The Morgan fingerprint density at radius 2 is 2.06 bits per heavy atom. The van der Waals surface area contributed by atoms with Gasteiger partial charge in [0, 0.05) is 5.39 Å². The molecule has 0 aliphatic heterocycles. The molecule has 4 nitrogen and oxygen atoms in total. The van der Waals surface area contributed by atoms with E-state index in [1.165, 1.54) is 0 Å². The molecule has 0 unspecified atom stereocenters. The normalized spacial score (nSPS) is 14.6. The summed E-state index contributed by atoms with van der Waals surface area (Å²) in [5.41, 5.74) is 0.858. The molecule has 1 aromatic heterocycles. The fraction of sp³-hybridized carbons (Fsp3) is 0.231. The number of hydrogen-bond donors (Lipinski definition) is 1. The van der Waals surface area contributed by atoms with Crippen molar-refractivity contribution in [3.8, 4) is 0 Å². The minimum Gasteiger partial charge on any atom is -0.446 e. The van der Waals surface area contributed by atoms with Crippen LogP contribution in [-0.4, -0.2) is 17.2 Å². The van der Waals surface area contributed by atoms with Crippen molar-refractivity contribution in [1.29, 1.82) is 0 Å². The standard InChI is InChI=1S/C13H12N2O2/c16-13(17-10-6-7-10)15-12-8-5-9-3-1-2-4-11(9)14-12/h1-5,8,10H,6-7H2,(H,14,15,16). The molecule has 0 bridgehead atoms. The van der Waals surface area contributed by atoms with E-state index in [1.54, 1.807) is 6.07 Å². The molecule has 0 atom stereocenters. The molecule has 1 aromatic carbocycles. The minimum atomic E-state index is -0.421. The van der Waals surface area contributed by atoms with Gasteiger partial charge in [0.1, 0.15) is 11.9 Å². The number of pyridine rings is 1. The second-order valence-corrected chi connectivity index (χ2v) is 4.12. The number of carbonyl (C=O) groups is 1. The van der Waals surface area contributed by atoms with Gasteiger partial charge >= 0.3 is 6.09 Å². The third-order valence-electron chi connectivity index (χ3n) is 2.63. The molecule has 1 amide bonds. The van der Waals surface area contributed by atoms with Gasteiger partial charge in [0.05, 0.1) is 5.52 Å². The summed E-state index contributed by atoms with van der Waals surface area (Å²) >= 11 is 0. The average Bonchev–Trinajstić information content (AvgIpc) is 3.12. The highest BCUT2D eigenvalue weighted by Gasteiger charge is 2.26. The smallest absolute Gasteiger partial charge is 0.413 e. The maximum atomic E-state index is 11.4. The number of benzene rings is 1. The van der Waals surface area contributed by atoms with E-state index in [9.17, 15) is 4.79 Å². The van der Waals surface area contributed by atoms with E-state index in [0.717, 1.165) is 23.7 Å². The Morgan fingerprint density at radius 3 is 2.88 bits per heavy atom. The van der Waals surface area contributed by atoms with E-state index in [4.69, 9.17) is 4.74 Å². The maximum absolute atomic E-state index is 11.4. The highest BCUT2D eigenvalue weighted by molar-refractivity contribution is 5.87. The van der Waals surface area contributed by atoms with Crippen molar-refractivity contribution in [1.82, 2.24) is 4.98 Å². The van der Waals surface area contributed by atoms with Crippen molar-refractivity contribution in [3.05, 3.63) is 36.4 Å². The summed E-state index contributed by atoms with van der Waals surface area (Å²) in [6, 6.07) is 11.5. The van der Waals surface area contributed by atoms with Crippen molar-refractivity contribution in [3.63, 3.8) is 0 Å². The van der Waals surface area contributed by atoms with Gasteiger partial charge in [0.15, 0.2) is 0 Å². The van der Waals surface area contributed by atoms with Crippen LogP contribution in [0.15, 0.2) is 36.4 Å². The van der Waals surface area contributed by atoms with Gasteiger partial charge in [-0.3, -0.25) is 5.32 Å². The Kier molecular flexibility index (Phi) is 2.40. The van der Waals surface area contributed by atoms with Crippen molar-refractivity contribution >= 4 is 22.8 Å². The second kappa shape index (κ2) is 4.05. The molecule has 0 saturated heterocycles. The Labute approximate surface area is 98.6 Å². The molecule has 1 fully saturated rings. The largest absolute Gasteiger partial charge is 0.446 e. The monoisotopic (exact) mass is 228 g/mol. The fourth-order valence-electron chi connectivity index (χ4n) is 1.61. The molecule has 0 radical (unpaired) electrons. The number of rotatable bonds is 2. The van der Waals surface area contributed by atoms with Crippen molar-refractivity contribution in [2.75, 3.05) is 5.32 Å². The van der Waals surface area contributed by atoms with Crippen LogP contribution in [0.25, 0.3) is 10.9 Å². The van der Waals surface area contributed by atoms with Gasteiger partial charge in [-0.1, -0.05) is 18.2 Å². The van der Waals surface area contributed by atoms with Gasteiger partial charge < -0.3 is 4.74 Å². The van der Waals surface area contributed by atoms with Crippen molar-refractivity contribution in [2.24, 2.45) is 0 Å². The van der Waals surface area contributed by atoms with Gasteiger partial charge in [-0.15, -0.1) is 0 Å². The summed E-state index contributed by atoms with van der Waals surface area (Å²) in [6.07, 6.45) is 1.63. The van der Waals surface area contributed by atoms with E-state index in [0.29, 0.717) is 5.82 Å². The molecular formula is C13H12N2O2. The van der Waals surface area contributed by atoms with Crippen LogP contribution in [-0.2, 0) is 4.74 Å². The zero-order valence-corrected chi connectivity index (χ0v) is 9.22.